The van der Waals surface area contributed by atoms with Gasteiger partial charge in [0, 0.05) is 6.26 Å². The van der Waals surface area contributed by atoms with Gasteiger partial charge in [-0.2, -0.15) is 0 Å². The summed E-state index contributed by atoms with van der Waals surface area (Å²) in [5, 5.41) is 0. The molecule has 0 spiro atoms. The Bertz CT molecular complexity index is 611. The Morgan fingerprint density at radius 3 is 2.09 bits per heavy atom. The first-order valence-electron chi connectivity index (χ1n) is 6.93. The van der Waals surface area contributed by atoms with E-state index < -0.39 is 49.7 Å². The second kappa shape index (κ2) is 9.18. The van der Waals surface area contributed by atoms with Crippen LogP contribution in [0, 0.1) is 0 Å². The van der Waals surface area contributed by atoms with Crippen LogP contribution in [-0.2, 0) is 38.9 Å². The predicted octanol–water partition coefficient (Wildman–Crippen LogP) is -0.776. The average molecular weight is 373 g/mol. The van der Waals surface area contributed by atoms with Gasteiger partial charge in [-0.1, -0.05) is 0 Å². The van der Waals surface area contributed by atoms with Crippen molar-refractivity contribution in [2.75, 3.05) is 24.4 Å². The Morgan fingerprint density at radius 2 is 1.61 bits per heavy atom. The highest BCUT2D eigenvalue weighted by Crippen LogP contribution is 2.01. The maximum atomic E-state index is 11.7. The number of ether oxygens (including phenoxy) is 2. The van der Waals surface area contributed by atoms with E-state index in [0.717, 1.165) is 6.26 Å². The van der Waals surface area contributed by atoms with E-state index in [-0.39, 0.29) is 18.8 Å². The fourth-order valence-corrected chi connectivity index (χ4v) is 3.60. The van der Waals surface area contributed by atoms with E-state index in [0.29, 0.717) is 0 Å². The first kappa shape index (κ1) is 21.8. The number of hydrogen-bond donors (Lipinski definition) is 1. The van der Waals surface area contributed by atoms with E-state index in [1.54, 1.807) is 6.92 Å². The van der Waals surface area contributed by atoms with E-state index in [4.69, 9.17) is 4.74 Å². The number of carbonyl (C=O) groups is 2. The van der Waals surface area contributed by atoms with Crippen molar-refractivity contribution in [1.82, 2.24) is 4.72 Å². The summed E-state index contributed by atoms with van der Waals surface area (Å²) in [5.74, 6) is -2.38. The zero-order valence-corrected chi connectivity index (χ0v) is 15.2. The molecule has 0 amide bonds. The van der Waals surface area contributed by atoms with Gasteiger partial charge in [-0.25, -0.2) is 26.4 Å². The standard InChI is InChI=1S/C12H23NO8S2/c1-5-20-12(15)10(3)21-11(14)9(2)13-23(18,19)8-6-7-22(4,16)17/h9-10,13H,5-8H2,1-4H3. The monoisotopic (exact) mass is 373 g/mol. The number of sulfone groups is 1. The van der Waals surface area contributed by atoms with E-state index in [1.807, 2.05) is 0 Å². The van der Waals surface area contributed by atoms with Crippen LogP contribution in [0.15, 0.2) is 0 Å². The maximum absolute atomic E-state index is 11.7. The van der Waals surface area contributed by atoms with E-state index >= 15 is 0 Å². The minimum atomic E-state index is -3.85. The lowest BCUT2D eigenvalue weighted by Gasteiger charge is -2.16. The van der Waals surface area contributed by atoms with Crippen LogP contribution in [0.1, 0.15) is 27.2 Å². The third kappa shape index (κ3) is 10.2. The molecule has 0 bridgehead atoms. The molecule has 0 rings (SSSR count). The van der Waals surface area contributed by atoms with Crippen LogP contribution in [0.4, 0.5) is 0 Å². The molecule has 23 heavy (non-hydrogen) atoms. The van der Waals surface area contributed by atoms with Crippen molar-refractivity contribution in [3.63, 3.8) is 0 Å². The van der Waals surface area contributed by atoms with Gasteiger partial charge < -0.3 is 9.47 Å². The molecule has 0 aromatic carbocycles. The van der Waals surface area contributed by atoms with E-state index in [9.17, 15) is 26.4 Å². The van der Waals surface area contributed by atoms with Gasteiger partial charge in [0.15, 0.2) is 6.10 Å². The van der Waals surface area contributed by atoms with Gasteiger partial charge in [-0.15, -0.1) is 0 Å². The van der Waals surface area contributed by atoms with Gasteiger partial charge in [0.05, 0.1) is 18.1 Å². The summed E-state index contributed by atoms with van der Waals surface area (Å²) in [6, 6.07) is -1.21. The van der Waals surface area contributed by atoms with Crippen molar-refractivity contribution in [3.8, 4) is 0 Å². The maximum Gasteiger partial charge on any atom is 0.347 e. The van der Waals surface area contributed by atoms with Crippen LogP contribution in [0.2, 0.25) is 0 Å². The van der Waals surface area contributed by atoms with Gasteiger partial charge in [0.25, 0.3) is 0 Å². The smallest absolute Gasteiger partial charge is 0.347 e. The van der Waals surface area contributed by atoms with Crippen LogP contribution >= 0.6 is 0 Å². The van der Waals surface area contributed by atoms with Crippen LogP contribution in [-0.4, -0.2) is 65.3 Å². The number of nitrogens with one attached hydrogen (secondary N) is 1. The van der Waals surface area contributed by atoms with Crippen molar-refractivity contribution in [3.05, 3.63) is 0 Å². The zero-order chi connectivity index (χ0) is 18.3. The van der Waals surface area contributed by atoms with Gasteiger partial charge in [0.1, 0.15) is 15.9 Å². The molecule has 0 heterocycles. The molecule has 136 valence electrons. The van der Waals surface area contributed by atoms with Gasteiger partial charge in [-0.3, -0.25) is 4.79 Å². The van der Waals surface area contributed by atoms with Crippen molar-refractivity contribution in [2.24, 2.45) is 0 Å². The molecule has 0 aliphatic carbocycles. The largest absolute Gasteiger partial charge is 0.463 e. The van der Waals surface area contributed by atoms with Crippen LogP contribution in [0.3, 0.4) is 0 Å². The van der Waals surface area contributed by atoms with Gasteiger partial charge in [-0.05, 0) is 27.2 Å². The van der Waals surface area contributed by atoms with E-state index in [1.165, 1.54) is 13.8 Å². The third-order valence-corrected chi connectivity index (χ3v) is 5.12. The second-order valence-corrected chi connectivity index (χ2v) is 9.11. The normalized spacial score (nSPS) is 14.8. The number of hydrogen-bond acceptors (Lipinski definition) is 8. The molecular weight excluding hydrogens is 350 g/mol. The molecule has 0 aliphatic rings. The summed E-state index contributed by atoms with van der Waals surface area (Å²) < 4.78 is 56.9. The summed E-state index contributed by atoms with van der Waals surface area (Å²) in [6.45, 7) is 4.29. The van der Waals surface area contributed by atoms with Gasteiger partial charge >= 0.3 is 11.9 Å². The number of rotatable bonds is 10. The van der Waals surface area contributed by atoms with Crippen LogP contribution in [0.25, 0.3) is 0 Å². The molecule has 0 radical (unpaired) electrons. The molecule has 0 fully saturated rings. The summed E-state index contributed by atoms with van der Waals surface area (Å²) >= 11 is 0. The first-order valence-corrected chi connectivity index (χ1v) is 10.6. The fourth-order valence-electron chi connectivity index (χ4n) is 1.47. The average Bonchev–Trinajstić information content (AvgIpc) is 2.36. The Labute approximate surface area is 136 Å². The summed E-state index contributed by atoms with van der Waals surface area (Å²) in [7, 11) is -7.10. The Balaban J connectivity index is 4.47. The lowest BCUT2D eigenvalue weighted by molar-refractivity contribution is -0.167. The molecule has 9 nitrogen and oxygen atoms in total. The van der Waals surface area contributed by atoms with Gasteiger partial charge in [0.2, 0.25) is 10.0 Å². The Kier molecular flexibility index (Phi) is 8.70. The molecule has 0 aliphatic heterocycles. The molecule has 2 atom stereocenters. The molecule has 0 aromatic rings. The topological polar surface area (TPSA) is 133 Å². The third-order valence-electron chi connectivity index (χ3n) is 2.55. The molecule has 11 heteroatoms. The SMILES string of the molecule is CCOC(=O)C(C)OC(=O)C(C)NS(=O)(=O)CCCS(C)(=O)=O. The zero-order valence-electron chi connectivity index (χ0n) is 13.6. The summed E-state index contributed by atoms with van der Waals surface area (Å²) in [4.78, 5) is 23.0. The van der Waals surface area contributed by atoms with Crippen LogP contribution < -0.4 is 4.72 Å². The Hall–Kier alpha value is -1.20. The highest BCUT2D eigenvalue weighted by atomic mass is 32.2. The minimum Gasteiger partial charge on any atom is -0.463 e. The Morgan fingerprint density at radius 1 is 1.04 bits per heavy atom. The molecule has 0 saturated heterocycles. The lowest BCUT2D eigenvalue weighted by atomic mass is 10.3. The van der Waals surface area contributed by atoms with E-state index in [2.05, 4.69) is 9.46 Å². The summed E-state index contributed by atoms with van der Waals surface area (Å²) in [6.07, 6.45) is -0.237. The molecule has 0 saturated carbocycles. The number of sulfonamides is 1. The summed E-state index contributed by atoms with van der Waals surface area (Å²) in [5.41, 5.74) is 0. The van der Waals surface area contributed by atoms with Crippen molar-refractivity contribution in [2.45, 2.75) is 39.3 Å². The highest BCUT2D eigenvalue weighted by Gasteiger charge is 2.26. The quantitative estimate of drug-likeness (QED) is 0.493. The second-order valence-electron chi connectivity index (χ2n) is 4.97. The predicted molar refractivity (Wildman–Crippen MR) is 82.9 cm³/mol. The molecule has 2 unspecified atom stereocenters. The van der Waals surface area contributed by atoms with Crippen molar-refractivity contribution in [1.29, 1.82) is 0 Å². The first-order chi connectivity index (χ1) is 10.4. The highest BCUT2D eigenvalue weighted by molar-refractivity contribution is 7.91. The number of carbonyl (C=O) groups excluding carboxylic acids is 2. The number of esters is 2. The fraction of sp³-hybridized carbons (Fsp3) is 0.833. The minimum absolute atomic E-state index is 0.0881. The van der Waals surface area contributed by atoms with Crippen molar-refractivity contribution < 1.29 is 35.9 Å². The van der Waals surface area contributed by atoms with Crippen molar-refractivity contribution >= 4 is 31.8 Å². The molecule has 0 aromatic heterocycles. The lowest BCUT2D eigenvalue weighted by Crippen LogP contribution is -2.42. The van der Waals surface area contributed by atoms with Crippen LogP contribution in [0.5, 0.6) is 0 Å². The molecular formula is C12H23NO8S2. The molecule has 1 N–H and O–H groups in total.